The van der Waals surface area contributed by atoms with Crippen LogP contribution in [0, 0.1) is 11.3 Å². The van der Waals surface area contributed by atoms with Crippen molar-refractivity contribution in [3.05, 3.63) is 17.8 Å². The number of aromatic nitrogens is 3. The van der Waals surface area contributed by atoms with Crippen molar-refractivity contribution in [3.8, 4) is 6.07 Å². The summed E-state index contributed by atoms with van der Waals surface area (Å²) < 4.78 is 7.31. The van der Waals surface area contributed by atoms with Gasteiger partial charge in [-0.2, -0.15) is 14.9 Å². The van der Waals surface area contributed by atoms with E-state index in [-0.39, 0.29) is 0 Å². The summed E-state index contributed by atoms with van der Waals surface area (Å²) in [6.45, 7) is 1.62. The van der Waals surface area contributed by atoms with E-state index in [1.165, 1.54) is 11.8 Å². The summed E-state index contributed by atoms with van der Waals surface area (Å²) in [6.07, 6.45) is 7.15. The van der Waals surface area contributed by atoms with Crippen molar-refractivity contribution in [3.63, 3.8) is 0 Å². The highest BCUT2D eigenvalue weighted by atomic mass is 32.2. The first-order valence-electron chi connectivity index (χ1n) is 7.01. The normalized spacial score (nSPS) is 18.0. The first-order valence-corrected chi connectivity index (χ1v) is 8.23. The molecule has 1 N–H and O–H groups in total. The minimum atomic E-state index is 0.331. The minimum absolute atomic E-state index is 0.331. The van der Waals surface area contributed by atoms with Gasteiger partial charge in [0.15, 0.2) is 11.5 Å². The number of fused-ring (bicyclic) bond motifs is 1. The summed E-state index contributed by atoms with van der Waals surface area (Å²) >= 11 is 1.47. The van der Waals surface area contributed by atoms with Crippen LogP contribution < -0.4 is 5.32 Å². The van der Waals surface area contributed by atoms with E-state index in [4.69, 9.17) is 4.74 Å². The Labute approximate surface area is 127 Å². The fourth-order valence-electron chi connectivity index (χ4n) is 2.56. The Morgan fingerprint density at radius 2 is 2.52 bits per heavy atom. The number of hydrogen-bond acceptors (Lipinski definition) is 6. The molecule has 0 radical (unpaired) electrons. The second-order valence-electron chi connectivity index (χ2n) is 4.91. The predicted molar refractivity (Wildman–Crippen MR) is 81.6 cm³/mol. The first kappa shape index (κ1) is 14.2. The van der Waals surface area contributed by atoms with Crippen LogP contribution in [0.1, 0.15) is 24.8 Å². The van der Waals surface area contributed by atoms with E-state index in [0.717, 1.165) is 48.9 Å². The molecule has 1 atom stereocenters. The molecule has 0 aliphatic carbocycles. The maximum atomic E-state index is 9.43. The molecule has 0 spiro atoms. The molecule has 0 amide bonds. The van der Waals surface area contributed by atoms with Crippen molar-refractivity contribution in [2.75, 3.05) is 24.7 Å². The second kappa shape index (κ2) is 6.33. The van der Waals surface area contributed by atoms with Gasteiger partial charge in [0.2, 0.25) is 0 Å². The fourth-order valence-corrected chi connectivity index (χ4v) is 3.09. The fraction of sp³-hybridized carbons (Fsp3) is 0.500. The number of anilines is 1. The Balaban J connectivity index is 1.84. The highest BCUT2D eigenvalue weighted by molar-refractivity contribution is 7.98. The Morgan fingerprint density at radius 1 is 1.62 bits per heavy atom. The largest absolute Gasteiger partial charge is 0.378 e. The zero-order valence-corrected chi connectivity index (χ0v) is 12.7. The molecule has 21 heavy (non-hydrogen) atoms. The van der Waals surface area contributed by atoms with E-state index < -0.39 is 0 Å². The van der Waals surface area contributed by atoms with Gasteiger partial charge in [-0.3, -0.25) is 0 Å². The lowest BCUT2D eigenvalue weighted by atomic mass is 10.2. The van der Waals surface area contributed by atoms with Gasteiger partial charge in [-0.25, -0.2) is 4.98 Å². The molecule has 3 heterocycles. The van der Waals surface area contributed by atoms with Gasteiger partial charge in [-0.1, -0.05) is 0 Å². The maximum absolute atomic E-state index is 9.43. The van der Waals surface area contributed by atoms with Crippen molar-refractivity contribution in [1.29, 1.82) is 5.26 Å². The van der Waals surface area contributed by atoms with Gasteiger partial charge in [0.25, 0.3) is 0 Å². The molecule has 2 aromatic heterocycles. The van der Waals surface area contributed by atoms with Crippen molar-refractivity contribution in [1.82, 2.24) is 14.6 Å². The van der Waals surface area contributed by atoms with Gasteiger partial charge < -0.3 is 10.1 Å². The highest BCUT2D eigenvalue weighted by Crippen LogP contribution is 2.26. The summed E-state index contributed by atoms with van der Waals surface area (Å²) in [5.41, 5.74) is 1.30. The standard InChI is InChI=1S/C14H17N5OS/c1-21-14-11(9-15)13(19-12(18-14)5-7-17-19)16-6-4-10-3-2-8-20-10/h5,7,10,16H,2-4,6,8H2,1H3. The van der Waals surface area contributed by atoms with Crippen LogP contribution in [0.25, 0.3) is 5.65 Å². The topological polar surface area (TPSA) is 75.2 Å². The predicted octanol–water partition coefficient (Wildman–Crippen LogP) is 2.30. The zero-order chi connectivity index (χ0) is 14.7. The average molecular weight is 303 g/mol. The van der Waals surface area contributed by atoms with E-state index in [0.29, 0.717) is 11.7 Å². The van der Waals surface area contributed by atoms with E-state index in [1.54, 1.807) is 10.7 Å². The Hall–Kier alpha value is -1.78. The summed E-state index contributed by atoms with van der Waals surface area (Å²) in [6, 6.07) is 4.08. The summed E-state index contributed by atoms with van der Waals surface area (Å²) in [4.78, 5) is 4.45. The molecular weight excluding hydrogens is 286 g/mol. The van der Waals surface area contributed by atoms with Crippen LogP contribution in [-0.4, -0.2) is 40.1 Å². The molecule has 7 heteroatoms. The number of hydrogen-bond donors (Lipinski definition) is 1. The van der Waals surface area contributed by atoms with Crippen LogP contribution >= 0.6 is 11.8 Å². The van der Waals surface area contributed by atoms with Gasteiger partial charge in [0.05, 0.1) is 12.3 Å². The molecule has 1 aliphatic heterocycles. The summed E-state index contributed by atoms with van der Waals surface area (Å²) in [5, 5.41) is 17.7. The quantitative estimate of drug-likeness (QED) is 0.675. The maximum Gasteiger partial charge on any atom is 0.158 e. The van der Waals surface area contributed by atoms with Crippen LogP contribution in [0.5, 0.6) is 0 Å². The smallest absolute Gasteiger partial charge is 0.158 e. The highest BCUT2D eigenvalue weighted by Gasteiger charge is 2.18. The molecule has 0 bridgehead atoms. The lowest BCUT2D eigenvalue weighted by molar-refractivity contribution is 0.107. The van der Waals surface area contributed by atoms with Gasteiger partial charge in [0, 0.05) is 19.2 Å². The molecule has 0 aromatic carbocycles. The lowest BCUT2D eigenvalue weighted by Gasteiger charge is -2.14. The SMILES string of the molecule is CSc1nc2ccnn2c(NCCC2CCCO2)c1C#N. The van der Waals surface area contributed by atoms with E-state index in [1.807, 2.05) is 12.3 Å². The molecule has 0 saturated carbocycles. The summed E-state index contributed by atoms with van der Waals surface area (Å²) in [5.74, 6) is 0.717. The van der Waals surface area contributed by atoms with Crippen LogP contribution in [0.15, 0.2) is 17.3 Å². The van der Waals surface area contributed by atoms with Gasteiger partial charge >= 0.3 is 0 Å². The molecule has 1 aliphatic rings. The molecule has 2 aromatic rings. The van der Waals surface area contributed by atoms with E-state index in [9.17, 15) is 5.26 Å². The molecule has 1 saturated heterocycles. The summed E-state index contributed by atoms with van der Waals surface area (Å²) in [7, 11) is 0. The minimum Gasteiger partial charge on any atom is -0.378 e. The molecular formula is C14H17N5OS. The number of ether oxygens (including phenoxy) is 1. The number of thioether (sulfide) groups is 1. The molecule has 3 rings (SSSR count). The van der Waals surface area contributed by atoms with Gasteiger partial charge in [-0.05, 0) is 25.5 Å². The van der Waals surface area contributed by atoms with E-state index in [2.05, 4.69) is 21.5 Å². The third-order valence-corrected chi connectivity index (χ3v) is 4.27. The van der Waals surface area contributed by atoms with Gasteiger partial charge in [0.1, 0.15) is 16.7 Å². The lowest BCUT2D eigenvalue weighted by Crippen LogP contribution is -2.16. The van der Waals surface area contributed by atoms with Gasteiger partial charge in [-0.15, -0.1) is 11.8 Å². The third-order valence-electron chi connectivity index (χ3n) is 3.59. The van der Waals surface area contributed by atoms with Crippen LogP contribution in [-0.2, 0) is 4.74 Å². The van der Waals surface area contributed by atoms with Crippen molar-refractivity contribution in [2.24, 2.45) is 0 Å². The molecule has 1 unspecified atom stereocenters. The van der Waals surface area contributed by atoms with Crippen LogP contribution in [0.2, 0.25) is 0 Å². The zero-order valence-electron chi connectivity index (χ0n) is 11.9. The number of nitriles is 1. The van der Waals surface area contributed by atoms with Crippen molar-refractivity contribution >= 4 is 23.2 Å². The van der Waals surface area contributed by atoms with E-state index >= 15 is 0 Å². The third kappa shape index (κ3) is 2.82. The average Bonchev–Trinajstić information content (AvgIpc) is 3.17. The second-order valence-corrected chi connectivity index (χ2v) is 5.70. The Bertz CT molecular complexity index is 672. The first-order chi connectivity index (χ1) is 10.3. The Kier molecular flexibility index (Phi) is 4.27. The number of rotatable bonds is 5. The van der Waals surface area contributed by atoms with Crippen molar-refractivity contribution < 1.29 is 4.74 Å². The molecule has 110 valence electrons. The Morgan fingerprint density at radius 3 is 3.24 bits per heavy atom. The van der Waals surface area contributed by atoms with Crippen molar-refractivity contribution in [2.45, 2.75) is 30.4 Å². The monoisotopic (exact) mass is 303 g/mol. The van der Waals surface area contributed by atoms with Crippen LogP contribution in [0.3, 0.4) is 0 Å². The number of nitrogens with one attached hydrogen (secondary N) is 1. The molecule has 6 nitrogen and oxygen atoms in total. The number of nitrogens with zero attached hydrogens (tertiary/aromatic N) is 4. The molecule has 1 fully saturated rings. The van der Waals surface area contributed by atoms with Crippen LogP contribution in [0.4, 0.5) is 5.82 Å².